The molecule has 0 aliphatic carbocycles. The van der Waals surface area contributed by atoms with Gasteiger partial charge < -0.3 is 15.6 Å². The molecule has 5 heteroatoms. The van der Waals surface area contributed by atoms with Crippen molar-refractivity contribution in [1.29, 1.82) is 0 Å². The lowest BCUT2D eigenvalue weighted by Crippen LogP contribution is -2.42. The first kappa shape index (κ1) is 11.2. The minimum absolute atomic E-state index is 0.0705. The number of likely N-dealkylation sites (tertiary alicyclic amines) is 1. The highest BCUT2D eigenvalue weighted by molar-refractivity contribution is 6.05. The molecule has 0 saturated carbocycles. The van der Waals surface area contributed by atoms with Gasteiger partial charge in [-0.15, -0.1) is 0 Å². The zero-order valence-corrected chi connectivity index (χ0v) is 10.1. The molecule has 1 fully saturated rings. The highest BCUT2D eigenvalue weighted by atomic mass is 16.2. The van der Waals surface area contributed by atoms with Crippen LogP contribution in [0.15, 0.2) is 24.5 Å². The number of H-pyrrole nitrogens is 1. The maximum absolute atomic E-state index is 12.4. The summed E-state index contributed by atoms with van der Waals surface area (Å²) in [6, 6.07) is 4.00. The number of nitrogens with one attached hydrogen (secondary N) is 1. The van der Waals surface area contributed by atoms with Crippen LogP contribution in [0.3, 0.4) is 0 Å². The SMILES string of the molecule is NC1CCN(C(=O)c2c[nH]c3ncccc23)CC1. The summed E-state index contributed by atoms with van der Waals surface area (Å²) in [5, 5.41) is 0.886. The molecule has 1 aliphatic rings. The smallest absolute Gasteiger partial charge is 0.256 e. The molecule has 0 radical (unpaired) electrons. The number of hydrogen-bond donors (Lipinski definition) is 2. The predicted molar refractivity (Wildman–Crippen MR) is 69.2 cm³/mol. The van der Waals surface area contributed by atoms with Gasteiger partial charge >= 0.3 is 0 Å². The summed E-state index contributed by atoms with van der Waals surface area (Å²) in [7, 11) is 0. The number of nitrogens with zero attached hydrogens (tertiary/aromatic N) is 2. The quantitative estimate of drug-likeness (QED) is 0.789. The average molecular weight is 244 g/mol. The van der Waals surface area contributed by atoms with Crippen molar-refractivity contribution >= 4 is 16.9 Å². The summed E-state index contributed by atoms with van der Waals surface area (Å²) >= 11 is 0. The van der Waals surface area contributed by atoms with Gasteiger partial charge in [-0.2, -0.15) is 0 Å². The van der Waals surface area contributed by atoms with Gasteiger partial charge in [-0.25, -0.2) is 4.98 Å². The summed E-state index contributed by atoms with van der Waals surface area (Å²) in [4.78, 5) is 21.5. The van der Waals surface area contributed by atoms with E-state index >= 15 is 0 Å². The molecule has 1 amide bonds. The van der Waals surface area contributed by atoms with Crippen molar-refractivity contribution in [1.82, 2.24) is 14.9 Å². The molecule has 5 nitrogen and oxygen atoms in total. The van der Waals surface area contributed by atoms with Crippen LogP contribution in [0.5, 0.6) is 0 Å². The summed E-state index contributed by atoms with van der Waals surface area (Å²) in [5.41, 5.74) is 7.31. The molecule has 1 aliphatic heterocycles. The lowest BCUT2D eigenvalue weighted by molar-refractivity contribution is 0.0717. The third-order valence-electron chi connectivity index (χ3n) is 3.51. The molecule has 1 saturated heterocycles. The number of amides is 1. The van der Waals surface area contributed by atoms with Crippen molar-refractivity contribution in [3.63, 3.8) is 0 Å². The van der Waals surface area contributed by atoms with Crippen molar-refractivity contribution in [2.45, 2.75) is 18.9 Å². The maximum atomic E-state index is 12.4. The van der Waals surface area contributed by atoms with Crippen LogP contribution in [0.2, 0.25) is 0 Å². The Bertz CT molecular complexity index is 569. The fraction of sp³-hybridized carbons (Fsp3) is 0.385. The van der Waals surface area contributed by atoms with Crippen LogP contribution < -0.4 is 5.73 Å². The molecule has 0 unspecified atom stereocenters. The summed E-state index contributed by atoms with van der Waals surface area (Å²) in [5.74, 6) is 0.0705. The second-order valence-corrected chi connectivity index (χ2v) is 4.73. The van der Waals surface area contributed by atoms with Gasteiger partial charge in [-0.1, -0.05) is 0 Å². The van der Waals surface area contributed by atoms with Gasteiger partial charge in [0.2, 0.25) is 0 Å². The molecule has 0 spiro atoms. The van der Waals surface area contributed by atoms with E-state index in [2.05, 4.69) is 9.97 Å². The number of nitrogens with two attached hydrogens (primary N) is 1. The number of carbonyl (C=O) groups excluding carboxylic acids is 1. The summed E-state index contributed by atoms with van der Waals surface area (Å²) in [6.07, 6.45) is 5.22. The van der Waals surface area contributed by atoms with E-state index < -0.39 is 0 Å². The van der Waals surface area contributed by atoms with Crippen LogP contribution in [0.4, 0.5) is 0 Å². The Kier molecular flexibility index (Phi) is 2.76. The van der Waals surface area contributed by atoms with Crippen molar-refractivity contribution < 1.29 is 4.79 Å². The lowest BCUT2D eigenvalue weighted by Gasteiger charge is -2.30. The molecule has 2 aromatic rings. The summed E-state index contributed by atoms with van der Waals surface area (Å²) < 4.78 is 0. The van der Waals surface area contributed by atoms with E-state index in [-0.39, 0.29) is 11.9 Å². The van der Waals surface area contributed by atoms with Crippen LogP contribution in [0, 0.1) is 0 Å². The van der Waals surface area contributed by atoms with E-state index in [9.17, 15) is 4.79 Å². The molecule has 0 aromatic carbocycles. The Balaban J connectivity index is 1.88. The van der Waals surface area contributed by atoms with E-state index in [4.69, 9.17) is 5.73 Å². The van der Waals surface area contributed by atoms with Gasteiger partial charge in [0.25, 0.3) is 5.91 Å². The van der Waals surface area contributed by atoms with Gasteiger partial charge in [-0.3, -0.25) is 4.79 Å². The second-order valence-electron chi connectivity index (χ2n) is 4.73. The Labute approximate surface area is 105 Å². The first-order chi connectivity index (χ1) is 8.75. The Hall–Kier alpha value is -1.88. The van der Waals surface area contributed by atoms with Gasteiger partial charge in [-0.05, 0) is 25.0 Å². The van der Waals surface area contributed by atoms with Crippen molar-refractivity contribution in [3.05, 3.63) is 30.1 Å². The van der Waals surface area contributed by atoms with Crippen molar-refractivity contribution in [2.24, 2.45) is 5.73 Å². The third-order valence-corrected chi connectivity index (χ3v) is 3.51. The average Bonchev–Trinajstić information content (AvgIpc) is 2.82. The number of rotatable bonds is 1. The molecule has 3 N–H and O–H groups in total. The van der Waals surface area contributed by atoms with Crippen LogP contribution in [-0.2, 0) is 0 Å². The Morgan fingerprint density at radius 2 is 2.22 bits per heavy atom. The van der Waals surface area contributed by atoms with Crippen molar-refractivity contribution in [2.75, 3.05) is 13.1 Å². The molecule has 0 bridgehead atoms. The van der Waals surface area contributed by atoms with Gasteiger partial charge in [0.15, 0.2) is 0 Å². The first-order valence-corrected chi connectivity index (χ1v) is 6.22. The number of carbonyl (C=O) groups is 1. The zero-order valence-electron chi connectivity index (χ0n) is 10.1. The van der Waals surface area contributed by atoms with Gasteiger partial charge in [0, 0.05) is 36.9 Å². The fourth-order valence-corrected chi connectivity index (χ4v) is 2.41. The highest BCUT2D eigenvalue weighted by Crippen LogP contribution is 2.19. The molecule has 18 heavy (non-hydrogen) atoms. The number of fused-ring (bicyclic) bond motifs is 1. The molecular formula is C13H16N4O. The molecule has 3 heterocycles. The first-order valence-electron chi connectivity index (χ1n) is 6.22. The van der Waals surface area contributed by atoms with Crippen LogP contribution in [-0.4, -0.2) is 39.9 Å². The normalized spacial score (nSPS) is 17.3. The van der Waals surface area contributed by atoms with E-state index in [1.54, 1.807) is 12.4 Å². The summed E-state index contributed by atoms with van der Waals surface area (Å²) in [6.45, 7) is 1.49. The number of aromatic amines is 1. The number of aromatic nitrogens is 2. The third kappa shape index (κ3) is 1.86. The van der Waals surface area contributed by atoms with Crippen LogP contribution in [0.1, 0.15) is 23.2 Å². The van der Waals surface area contributed by atoms with Crippen LogP contribution >= 0.6 is 0 Å². The topological polar surface area (TPSA) is 75.0 Å². The highest BCUT2D eigenvalue weighted by Gasteiger charge is 2.23. The van der Waals surface area contributed by atoms with E-state index in [1.807, 2.05) is 17.0 Å². The Morgan fingerprint density at radius 1 is 1.44 bits per heavy atom. The number of pyridine rings is 1. The monoisotopic (exact) mass is 244 g/mol. The molecule has 0 atom stereocenters. The van der Waals surface area contributed by atoms with Crippen LogP contribution in [0.25, 0.3) is 11.0 Å². The Morgan fingerprint density at radius 3 is 3.00 bits per heavy atom. The maximum Gasteiger partial charge on any atom is 0.256 e. The standard InChI is InChI=1S/C13H16N4O/c14-9-3-6-17(7-4-9)13(18)11-8-16-12-10(11)2-1-5-15-12/h1-2,5,8-9H,3-4,6-7,14H2,(H,15,16). The zero-order chi connectivity index (χ0) is 12.5. The van der Waals surface area contributed by atoms with E-state index in [1.165, 1.54) is 0 Å². The molecule has 94 valence electrons. The fourth-order valence-electron chi connectivity index (χ4n) is 2.41. The second kappa shape index (κ2) is 4.42. The minimum atomic E-state index is 0.0705. The molecular weight excluding hydrogens is 228 g/mol. The molecule has 2 aromatic heterocycles. The largest absolute Gasteiger partial charge is 0.345 e. The predicted octanol–water partition coefficient (Wildman–Crippen LogP) is 1.13. The minimum Gasteiger partial charge on any atom is -0.345 e. The van der Waals surface area contributed by atoms with E-state index in [0.717, 1.165) is 37.0 Å². The van der Waals surface area contributed by atoms with Gasteiger partial charge in [0.05, 0.1) is 5.56 Å². The van der Waals surface area contributed by atoms with E-state index in [0.29, 0.717) is 5.56 Å². The molecule has 3 rings (SSSR count). The lowest BCUT2D eigenvalue weighted by atomic mass is 10.1. The van der Waals surface area contributed by atoms with Gasteiger partial charge in [0.1, 0.15) is 5.65 Å². The number of hydrogen-bond acceptors (Lipinski definition) is 3. The van der Waals surface area contributed by atoms with Crippen molar-refractivity contribution in [3.8, 4) is 0 Å². The number of piperidine rings is 1.